The number of amides is 1. The molecular weight excluding hydrogens is 391 g/mol. The number of para-hydroxylation sites is 2. The quantitative estimate of drug-likeness (QED) is 0.451. The number of nitrogens with zero attached hydrogens (tertiary/aromatic N) is 3. The number of aromatic nitrogens is 2. The van der Waals surface area contributed by atoms with Gasteiger partial charge in [-0.15, -0.1) is 0 Å². The number of aryl methyl sites for hydroxylation is 1. The van der Waals surface area contributed by atoms with Crippen LogP contribution in [0.2, 0.25) is 0 Å². The third-order valence-corrected chi connectivity index (χ3v) is 4.93. The van der Waals surface area contributed by atoms with E-state index in [1.807, 2.05) is 42.7 Å². The van der Waals surface area contributed by atoms with Crippen molar-refractivity contribution < 1.29 is 18.0 Å². The van der Waals surface area contributed by atoms with Crippen molar-refractivity contribution in [3.05, 3.63) is 65.2 Å². The summed E-state index contributed by atoms with van der Waals surface area (Å²) in [4.78, 5) is 19.1. The molecule has 0 saturated heterocycles. The fourth-order valence-corrected chi connectivity index (χ4v) is 3.52. The zero-order chi connectivity index (χ0) is 21.8. The van der Waals surface area contributed by atoms with Crippen LogP contribution in [0.4, 0.5) is 13.2 Å². The Bertz CT molecular complexity index is 1050. The number of fused-ring (bicyclic) bond motifs is 1. The highest BCUT2D eigenvalue weighted by Crippen LogP contribution is 2.22. The third kappa shape index (κ3) is 4.50. The molecule has 1 amide bonds. The zero-order valence-corrected chi connectivity index (χ0v) is 17.5. The van der Waals surface area contributed by atoms with E-state index in [1.54, 1.807) is 0 Å². The van der Waals surface area contributed by atoms with Gasteiger partial charge in [0.05, 0.1) is 17.6 Å². The highest BCUT2D eigenvalue weighted by molar-refractivity contribution is 5.94. The van der Waals surface area contributed by atoms with Gasteiger partial charge in [0.2, 0.25) is 0 Å². The number of carbonyl (C=O) groups is 1. The van der Waals surface area contributed by atoms with Crippen molar-refractivity contribution in [3.63, 3.8) is 0 Å². The van der Waals surface area contributed by atoms with Crippen LogP contribution in [0.25, 0.3) is 11.0 Å². The molecule has 0 radical (unpaired) electrons. The minimum atomic E-state index is -1.46. The molecule has 0 aliphatic carbocycles. The average Bonchev–Trinajstić information content (AvgIpc) is 3.05. The average molecular weight is 417 g/mol. The lowest BCUT2D eigenvalue weighted by Crippen LogP contribution is -2.36. The smallest absolute Gasteiger partial charge is 0.260 e. The van der Waals surface area contributed by atoms with Crippen LogP contribution in [0.5, 0.6) is 0 Å². The maximum absolute atomic E-state index is 14.3. The zero-order valence-electron chi connectivity index (χ0n) is 17.5. The Morgan fingerprint density at radius 1 is 1.10 bits per heavy atom. The molecule has 3 rings (SSSR count). The van der Waals surface area contributed by atoms with E-state index in [9.17, 15) is 18.0 Å². The molecule has 3 aromatic rings. The largest absolute Gasteiger partial charge is 0.331 e. The SMILES string of the molecule is CCCCn1c(CN(CC(C)C)C(=O)c2c(F)ccc(F)c2F)nc2ccccc21. The summed E-state index contributed by atoms with van der Waals surface area (Å²) in [6.07, 6.45) is 1.92. The first-order valence-corrected chi connectivity index (χ1v) is 10.2. The fraction of sp³-hybridized carbons (Fsp3) is 0.391. The fourth-order valence-electron chi connectivity index (χ4n) is 3.52. The van der Waals surface area contributed by atoms with Gasteiger partial charge in [-0.1, -0.05) is 39.3 Å². The van der Waals surface area contributed by atoms with E-state index in [2.05, 4.69) is 11.9 Å². The van der Waals surface area contributed by atoms with E-state index in [0.29, 0.717) is 11.9 Å². The molecule has 0 spiro atoms. The maximum atomic E-state index is 14.3. The van der Waals surface area contributed by atoms with Gasteiger partial charge in [-0.25, -0.2) is 18.2 Å². The van der Waals surface area contributed by atoms with Crippen LogP contribution >= 0.6 is 0 Å². The second kappa shape index (κ2) is 9.32. The molecule has 1 aromatic heterocycles. The lowest BCUT2D eigenvalue weighted by molar-refractivity contribution is 0.0705. The number of hydrogen-bond acceptors (Lipinski definition) is 2. The number of rotatable bonds is 8. The normalized spacial score (nSPS) is 11.4. The number of unbranched alkanes of at least 4 members (excludes halogenated alkanes) is 1. The molecule has 0 atom stereocenters. The predicted octanol–water partition coefficient (Wildman–Crippen LogP) is 5.55. The van der Waals surface area contributed by atoms with Gasteiger partial charge in [-0.2, -0.15) is 0 Å². The van der Waals surface area contributed by atoms with Crippen molar-refractivity contribution in [2.45, 2.75) is 46.7 Å². The Morgan fingerprint density at radius 2 is 1.80 bits per heavy atom. The lowest BCUT2D eigenvalue weighted by atomic mass is 10.1. The summed E-state index contributed by atoms with van der Waals surface area (Å²) >= 11 is 0. The van der Waals surface area contributed by atoms with Crippen LogP contribution < -0.4 is 0 Å². The Labute approximate surface area is 174 Å². The summed E-state index contributed by atoms with van der Waals surface area (Å²) in [6, 6.07) is 9.11. The van der Waals surface area contributed by atoms with E-state index in [-0.39, 0.29) is 19.0 Å². The molecule has 0 fully saturated rings. The molecule has 160 valence electrons. The third-order valence-electron chi connectivity index (χ3n) is 4.93. The van der Waals surface area contributed by atoms with Crippen LogP contribution in [0.3, 0.4) is 0 Å². The minimum absolute atomic E-state index is 0.0436. The number of benzene rings is 2. The molecule has 0 N–H and O–H groups in total. The molecule has 2 aromatic carbocycles. The van der Waals surface area contributed by atoms with Crippen molar-refractivity contribution in [2.24, 2.45) is 5.92 Å². The number of hydrogen-bond donors (Lipinski definition) is 0. The lowest BCUT2D eigenvalue weighted by Gasteiger charge is -2.25. The van der Waals surface area contributed by atoms with Gasteiger partial charge < -0.3 is 9.47 Å². The second-order valence-corrected chi connectivity index (χ2v) is 7.82. The number of halogens is 3. The molecule has 0 aliphatic heterocycles. The van der Waals surface area contributed by atoms with Crippen molar-refractivity contribution >= 4 is 16.9 Å². The summed E-state index contributed by atoms with van der Waals surface area (Å²) in [7, 11) is 0. The molecule has 0 saturated carbocycles. The van der Waals surface area contributed by atoms with Gasteiger partial charge in [0.1, 0.15) is 17.2 Å². The molecule has 0 unspecified atom stereocenters. The summed E-state index contributed by atoms with van der Waals surface area (Å²) in [5, 5.41) is 0. The highest BCUT2D eigenvalue weighted by atomic mass is 19.2. The van der Waals surface area contributed by atoms with Gasteiger partial charge in [0.25, 0.3) is 5.91 Å². The summed E-state index contributed by atoms with van der Waals surface area (Å²) in [5.41, 5.74) is 0.872. The first kappa shape index (κ1) is 21.9. The Morgan fingerprint density at radius 3 is 2.50 bits per heavy atom. The van der Waals surface area contributed by atoms with Crippen LogP contribution in [-0.4, -0.2) is 26.9 Å². The van der Waals surface area contributed by atoms with Gasteiger partial charge in [-0.3, -0.25) is 4.79 Å². The summed E-state index contributed by atoms with van der Waals surface area (Å²) in [6.45, 7) is 6.94. The molecule has 30 heavy (non-hydrogen) atoms. The van der Waals surface area contributed by atoms with Gasteiger partial charge >= 0.3 is 0 Å². The molecule has 1 heterocycles. The topological polar surface area (TPSA) is 38.1 Å². The van der Waals surface area contributed by atoms with E-state index in [4.69, 9.17) is 0 Å². The second-order valence-electron chi connectivity index (χ2n) is 7.82. The Kier molecular flexibility index (Phi) is 6.80. The number of carbonyl (C=O) groups excluding carboxylic acids is 1. The number of imidazole rings is 1. The van der Waals surface area contributed by atoms with Crippen LogP contribution in [0.15, 0.2) is 36.4 Å². The molecule has 0 aliphatic rings. The van der Waals surface area contributed by atoms with Gasteiger partial charge in [0.15, 0.2) is 11.6 Å². The predicted molar refractivity (Wildman–Crippen MR) is 111 cm³/mol. The van der Waals surface area contributed by atoms with E-state index in [1.165, 1.54) is 4.90 Å². The van der Waals surface area contributed by atoms with Gasteiger partial charge in [0, 0.05) is 13.1 Å². The summed E-state index contributed by atoms with van der Waals surface area (Å²) < 4.78 is 44.3. The van der Waals surface area contributed by atoms with Crippen LogP contribution in [-0.2, 0) is 13.1 Å². The monoisotopic (exact) mass is 417 g/mol. The van der Waals surface area contributed by atoms with E-state index < -0.39 is 28.9 Å². The standard InChI is InChI=1S/C23H26F3N3O/c1-4-5-12-29-19-9-7-6-8-18(19)27-20(29)14-28(13-15(2)3)23(30)21-16(24)10-11-17(25)22(21)26/h6-11,15H,4-5,12-14H2,1-3H3. The van der Waals surface area contributed by atoms with Crippen molar-refractivity contribution in [1.82, 2.24) is 14.5 Å². The summed E-state index contributed by atoms with van der Waals surface area (Å²) in [5.74, 6) is -4.00. The minimum Gasteiger partial charge on any atom is -0.331 e. The van der Waals surface area contributed by atoms with Crippen molar-refractivity contribution in [3.8, 4) is 0 Å². The van der Waals surface area contributed by atoms with E-state index in [0.717, 1.165) is 36.5 Å². The molecule has 7 heteroatoms. The van der Waals surface area contributed by atoms with Crippen LogP contribution in [0, 0.1) is 23.4 Å². The molecule has 4 nitrogen and oxygen atoms in total. The van der Waals surface area contributed by atoms with Gasteiger partial charge in [-0.05, 0) is 36.6 Å². The maximum Gasteiger partial charge on any atom is 0.260 e. The molecular formula is C23H26F3N3O. The highest BCUT2D eigenvalue weighted by Gasteiger charge is 2.27. The Hall–Kier alpha value is -2.83. The first-order chi connectivity index (χ1) is 14.3. The van der Waals surface area contributed by atoms with Crippen molar-refractivity contribution in [1.29, 1.82) is 0 Å². The molecule has 0 bridgehead atoms. The van der Waals surface area contributed by atoms with Crippen LogP contribution in [0.1, 0.15) is 49.8 Å². The van der Waals surface area contributed by atoms with E-state index >= 15 is 0 Å². The Balaban J connectivity index is 2.02. The first-order valence-electron chi connectivity index (χ1n) is 10.2. The van der Waals surface area contributed by atoms with Crippen molar-refractivity contribution in [2.75, 3.05) is 6.54 Å².